The van der Waals surface area contributed by atoms with Gasteiger partial charge in [-0.05, 0) is 29.2 Å². The number of hydrogen-bond acceptors (Lipinski definition) is 2. The minimum Gasteiger partial charge on any atom is -0.236 e. The molecule has 4 heteroatoms. The maximum Gasteiger partial charge on any atom is 0.159 e. The Kier molecular flexibility index (Phi) is 4.02. The van der Waals surface area contributed by atoms with Crippen LogP contribution >= 0.6 is 11.3 Å². The highest BCUT2D eigenvalue weighted by atomic mass is 32.1. The van der Waals surface area contributed by atoms with Crippen LogP contribution in [-0.2, 0) is 5.41 Å². The average molecular weight is 329 g/mol. The van der Waals surface area contributed by atoms with Gasteiger partial charge in [-0.3, -0.25) is 0 Å². The number of hydrogen-bond donors (Lipinski definition) is 0. The Balaban J connectivity index is 1.91. The van der Waals surface area contributed by atoms with Gasteiger partial charge in [0.2, 0.25) is 0 Å². The number of nitrogens with zero attached hydrogens (tertiary/aromatic N) is 1. The minimum atomic E-state index is -0.855. The standard InChI is InChI=1S/C19H17F2NS/c1-19(2,3)14-7-4-12(5-8-14)18-22-17(11-23-18)13-6-9-15(20)16(21)10-13/h4-11H,1-3H3. The van der Waals surface area contributed by atoms with E-state index in [0.717, 1.165) is 16.6 Å². The van der Waals surface area contributed by atoms with Crippen LogP contribution in [0.15, 0.2) is 47.8 Å². The summed E-state index contributed by atoms with van der Waals surface area (Å²) in [4.78, 5) is 4.54. The molecule has 3 rings (SSSR count). The van der Waals surface area contributed by atoms with Crippen molar-refractivity contribution in [3.05, 3.63) is 65.0 Å². The van der Waals surface area contributed by atoms with E-state index in [2.05, 4.69) is 50.0 Å². The lowest BCUT2D eigenvalue weighted by atomic mass is 9.87. The molecule has 1 heterocycles. The predicted octanol–water partition coefficient (Wildman–Crippen LogP) is 6.05. The Morgan fingerprint density at radius 3 is 2.13 bits per heavy atom. The van der Waals surface area contributed by atoms with E-state index in [9.17, 15) is 8.78 Å². The van der Waals surface area contributed by atoms with Gasteiger partial charge in [-0.25, -0.2) is 13.8 Å². The lowest BCUT2D eigenvalue weighted by molar-refractivity contribution is 0.509. The molecule has 0 atom stereocenters. The first kappa shape index (κ1) is 15.8. The maximum atomic E-state index is 13.4. The maximum absolute atomic E-state index is 13.4. The highest BCUT2D eigenvalue weighted by molar-refractivity contribution is 7.13. The zero-order valence-electron chi connectivity index (χ0n) is 13.2. The second-order valence-corrected chi connectivity index (χ2v) is 7.35. The Morgan fingerprint density at radius 2 is 1.52 bits per heavy atom. The van der Waals surface area contributed by atoms with Crippen LogP contribution in [0.1, 0.15) is 26.3 Å². The Bertz CT molecular complexity index is 829. The van der Waals surface area contributed by atoms with Crippen molar-refractivity contribution in [1.82, 2.24) is 4.98 Å². The van der Waals surface area contributed by atoms with Gasteiger partial charge in [0, 0.05) is 16.5 Å². The highest BCUT2D eigenvalue weighted by Crippen LogP contribution is 2.31. The zero-order valence-corrected chi connectivity index (χ0v) is 14.0. The van der Waals surface area contributed by atoms with E-state index in [4.69, 9.17) is 0 Å². The summed E-state index contributed by atoms with van der Waals surface area (Å²) >= 11 is 1.49. The zero-order chi connectivity index (χ0) is 16.6. The molecular formula is C19H17F2NS. The van der Waals surface area contributed by atoms with Crippen LogP contribution in [0.3, 0.4) is 0 Å². The summed E-state index contributed by atoms with van der Waals surface area (Å²) in [6, 6.07) is 12.2. The number of benzene rings is 2. The Morgan fingerprint density at radius 1 is 0.870 bits per heavy atom. The molecule has 0 N–H and O–H groups in total. The van der Waals surface area contributed by atoms with E-state index in [1.54, 1.807) is 6.07 Å². The molecule has 0 radical (unpaired) electrons. The predicted molar refractivity (Wildman–Crippen MR) is 91.6 cm³/mol. The fraction of sp³-hybridized carbons (Fsp3) is 0.211. The van der Waals surface area contributed by atoms with Crippen LogP contribution in [0.25, 0.3) is 21.8 Å². The summed E-state index contributed by atoms with van der Waals surface area (Å²) in [6.45, 7) is 6.52. The molecule has 0 unspecified atom stereocenters. The van der Waals surface area contributed by atoms with Gasteiger partial charge in [0.05, 0.1) is 5.69 Å². The molecule has 0 aliphatic carbocycles. The van der Waals surface area contributed by atoms with Crippen LogP contribution in [0.4, 0.5) is 8.78 Å². The van der Waals surface area contributed by atoms with Crippen molar-refractivity contribution in [3.8, 4) is 21.8 Å². The van der Waals surface area contributed by atoms with Gasteiger partial charge >= 0.3 is 0 Å². The van der Waals surface area contributed by atoms with E-state index in [1.165, 1.54) is 23.0 Å². The number of aromatic nitrogens is 1. The molecule has 0 fully saturated rings. The van der Waals surface area contributed by atoms with Crippen LogP contribution in [-0.4, -0.2) is 4.98 Å². The lowest BCUT2D eigenvalue weighted by Crippen LogP contribution is -2.10. The topological polar surface area (TPSA) is 12.9 Å². The second kappa shape index (κ2) is 5.85. The van der Waals surface area contributed by atoms with E-state index in [1.807, 2.05) is 5.38 Å². The van der Waals surface area contributed by atoms with Crippen LogP contribution < -0.4 is 0 Å². The molecule has 0 bridgehead atoms. The SMILES string of the molecule is CC(C)(C)c1ccc(-c2nc(-c3ccc(F)c(F)c3)cs2)cc1. The third-order valence-corrected chi connectivity index (χ3v) is 4.61. The molecule has 3 aromatic rings. The first-order valence-electron chi connectivity index (χ1n) is 7.36. The first-order chi connectivity index (χ1) is 10.8. The third kappa shape index (κ3) is 3.32. The lowest BCUT2D eigenvalue weighted by Gasteiger charge is -2.18. The van der Waals surface area contributed by atoms with Gasteiger partial charge in [0.15, 0.2) is 11.6 Å². The van der Waals surface area contributed by atoms with E-state index < -0.39 is 11.6 Å². The second-order valence-electron chi connectivity index (χ2n) is 6.49. The number of halogens is 2. The van der Waals surface area contributed by atoms with Crippen molar-refractivity contribution < 1.29 is 8.78 Å². The number of rotatable bonds is 2. The van der Waals surface area contributed by atoms with Gasteiger partial charge in [0.25, 0.3) is 0 Å². The van der Waals surface area contributed by atoms with Gasteiger partial charge < -0.3 is 0 Å². The van der Waals surface area contributed by atoms with E-state index in [0.29, 0.717) is 11.3 Å². The first-order valence-corrected chi connectivity index (χ1v) is 8.24. The third-order valence-electron chi connectivity index (χ3n) is 3.72. The molecule has 1 aromatic heterocycles. The molecular weight excluding hydrogens is 312 g/mol. The molecule has 0 saturated heterocycles. The summed E-state index contributed by atoms with van der Waals surface area (Å²) in [5.41, 5.74) is 3.63. The molecule has 0 amide bonds. The van der Waals surface area contributed by atoms with E-state index >= 15 is 0 Å². The number of thiazole rings is 1. The van der Waals surface area contributed by atoms with Crippen LogP contribution in [0.5, 0.6) is 0 Å². The fourth-order valence-corrected chi connectivity index (χ4v) is 3.14. The quantitative estimate of drug-likeness (QED) is 0.557. The summed E-state index contributed by atoms with van der Waals surface area (Å²) in [6.07, 6.45) is 0. The molecule has 2 aromatic carbocycles. The fourth-order valence-electron chi connectivity index (χ4n) is 2.31. The summed E-state index contributed by atoms with van der Waals surface area (Å²) in [5, 5.41) is 2.73. The van der Waals surface area contributed by atoms with Gasteiger partial charge in [-0.1, -0.05) is 45.0 Å². The van der Waals surface area contributed by atoms with E-state index in [-0.39, 0.29) is 5.41 Å². The molecule has 0 aliphatic heterocycles. The largest absolute Gasteiger partial charge is 0.236 e. The van der Waals surface area contributed by atoms with Crippen molar-refractivity contribution in [2.45, 2.75) is 26.2 Å². The van der Waals surface area contributed by atoms with Crippen LogP contribution in [0.2, 0.25) is 0 Å². The Hall–Kier alpha value is -2.07. The summed E-state index contributed by atoms with van der Waals surface area (Å²) in [7, 11) is 0. The van der Waals surface area contributed by atoms with Crippen LogP contribution in [0, 0.1) is 11.6 Å². The van der Waals surface area contributed by atoms with Crippen molar-refractivity contribution in [2.24, 2.45) is 0 Å². The minimum absolute atomic E-state index is 0.109. The highest BCUT2D eigenvalue weighted by Gasteiger charge is 2.14. The normalized spacial score (nSPS) is 11.7. The van der Waals surface area contributed by atoms with Gasteiger partial charge in [0.1, 0.15) is 5.01 Å². The monoisotopic (exact) mass is 329 g/mol. The van der Waals surface area contributed by atoms with Crippen molar-refractivity contribution in [2.75, 3.05) is 0 Å². The van der Waals surface area contributed by atoms with Crippen molar-refractivity contribution >= 4 is 11.3 Å². The summed E-state index contributed by atoms with van der Waals surface area (Å²) < 4.78 is 26.4. The molecule has 0 saturated carbocycles. The summed E-state index contributed by atoms with van der Waals surface area (Å²) in [5.74, 6) is -1.70. The average Bonchev–Trinajstić information content (AvgIpc) is 2.99. The van der Waals surface area contributed by atoms with Gasteiger partial charge in [-0.15, -0.1) is 11.3 Å². The smallest absolute Gasteiger partial charge is 0.159 e. The molecule has 118 valence electrons. The molecule has 23 heavy (non-hydrogen) atoms. The Labute approximate surface area is 138 Å². The molecule has 0 aliphatic rings. The van der Waals surface area contributed by atoms with Crippen molar-refractivity contribution in [3.63, 3.8) is 0 Å². The molecule has 0 spiro atoms. The van der Waals surface area contributed by atoms with Crippen molar-refractivity contribution in [1.29, 1.82) is 0 Å². The van der Waals surface area contributed by atoms with Gasteiger partial charge in [-0.2, -0.15) is 0 Å². The molecule has 1 nitrogen and oxygen atoms in total.